The average molecular weight is 206 g/mol. The van der Waals surface area contributed by atoms with Crippen LogP contribution in [0, 0.1) is 0 Å². The van der Waals surface area contributed by atoms with Crippen molar-refractivity contribution < 1.29 is 15.0 Å². The Bertz CT molecular complexity index is 248. The normalized spacial score (nSPS) is 9.70. The minimum atomic E-state index is -1.10. The van der Waals surface area contributed by atoms with Gasteiger partial charge in [0.1, 0.15) is 5.69 Å². The number of aromatic nitrogens is 1. The van der Waals surface area contributed by atoms with Crippen LogP contribution in [0.2, 0.25) is 0 Å². The summed E-state index contributed by atoms with van der Waals surface area (Å²) in [6.07, 6.45) is 0. The molecule has 0 aromatic carbocycles. The van der Waals surface area contributed by atoms with Crippen molar-refractivity contribution >= 4 is 21.9 Å². The fraction of sp³-hybridized carbons (Fsp3) is 0. The number of hydrogen-bond acceptors (Lipinski definition) is 2. The number of aromatic hydroxyl groups is 1. The third kappa shape index (κ3) is 1.13. The summed E-state index contributed by atoms with van der Waals surface area (Å²) in [4.78, 5) is 12.5. The molecule has 1 heterocycles. The van der Waals surface area contributed by atoms with E-state index in [0.717, 1.165) is 0 Å². The summed E-state index contributed by atoms with van der Waals surface area (Å²) in [6, 6.07) is 1.29. The van der Waals surface area contributed by atoms with Crippen molar-refractivity contribution in [1.82, 2.24) is 4.98 Å². The second-order valence-corrected chi connectivity index (χ2v) is 2.54. The van der Waals surface area contributed by atoms with Crippen molar-refractivity contribution in [2.45, 2.75) is 0 Å². The second-order valence-electron chi connectivity index (χ2n) is 1.68. The van der Waals surface area contributed by atoms with Crippen LogP contribution in [0.15, 0.2) is 10.5 Å². The Morgan fingerprint density at radius 2 is 2.30 bits per heavy atom. The molecule has 0 saturated carbocycles. The van der Waals surface area contributed by atoms with E-state index in [1.807, 2.05) is 0 Å². The first-order chi connectivity index (χ1) is 4.61. The Labute approximate surface area is 64.6 Å². The first kappa shape index (κ1) is 7.14. The van der Waals surface area contributed by atoms with E-state index in [1.165, 1.54) is 6.07 Å². The molecule has 0 radical (unpaired) electrons. The van der Waals surface area contributed by atoms with Crippen LogP contribution < -0.4 is 0 Å². The highest BCUT2D eigenvalue weighted by molar-refractivity contribution is 9.10. The summed E-state index contributed by atoms with van der Waals surface area (Å²) in [5, 5.41) is 17.2. The van der Waals surface area contributed by atoms with E-state index in [1.54, 1.807) is 0 Å². The Balaban J connectivity index is 3.10. The standard InChI is InChI=1S/C5H4BrNO3/c6-2-1-3(5(9)10)7-4(2)8/h1,7-8H,(H,9,10). The zero-order valence-corrected chi connectivity index (χ0v) is 6.34. The highest BCUT2D eigenvalue weighted by atomic mass is 79.9. The monoisotopic (exact) mass is 205 g/mol. The first-order valence-electron chi connectivity index (χ1n) is 2.42. The van der Waals surface area contributed by atoms with Crippen LogP contribution in [0.4, 0.5) is 0 Å². The van der Waals surface area contributed by atoms with Gasteiger partial charge in [-0.3, -0.25) is 0 Å². The number of halogens is 1. The maximum atomic E-state index is 10.2. The van der Waals surface area contributed by atoms with E-state index in [-0.39, 0.29) is 11.6 Å². The lowest BCUT2D eigenvalue weighted by Crippen LogP contribution is -1.94. The molecule has 0 aliphatic rings. The minimum Gasteiger partial charge on any atom is -0.494 e. The van der Waals surface area contributed by atoms with Crippen LogP contribution in [-0.2, 0) is 0 Å². The maximum absolute atomic E-state index is 10.2. The molecule has 3 N–H and O–H groups in total. The number of nitrogens with one attached hydrogen (secondary N) is 1. The van der Waals surface area contributed by atoms with Crippen LogP contribution in [0.25, 0.3) is 0 Å². The molecule has 0 bridgehead atoms. The molecule has 0 atom stereocenters. The molecule has 54 valence electrons. The van der Waals surface area contributed by atoms with E-state index >= 15 is 0 Å². The maximum Gasteiger partial charge on any atom is 0.352 e. The Morgan fingerprint density at radius 3 is 2.50 bits per heavy atom. The topological polar surface area (TPSA) is 73.3 Å². The van der Waals surface area contributed by atoms with E-state index < -0.39 is 5.97 Å². The SMILES string of the molecule is O=C(O)c1cc(Br)c(O)[nH]1. The van der Waals surface area contributed by atoms with Crippen molar-refractivity contribution in [2.75, 3.05) is 0 Å². The van der Waals surface area contributed by atoms with Crippen LogP contribution in [-0.4, -0.2) is 21.2 Å². The Kier molecular flexibility index (Phi) is 1.67. The van der Waals surface area contributed by atoms with E-state index in [9.17, 15) is 4.79 Å². The largest absolute Gasteiger partial charge is 0.494 e. The van der Waals surface area contributed by atoms with Gasteiger partial charge in [-0.1, -0.05) is 0 Å². The summed E-state index contributed by atoms with van der Waals surface area (Å²) in [5.41, 5.74) is -0.0376. The van der Waals surface area contributed by atoms with Crippen LogP contribution in [0.5, 0.6) is 5.88 Å². The van der Waals surface area contributed by atoms with Crippen LogP contribution in [0.1, 0.15) is 10.5 Å². The zero-order chi connectivity index (χ0) is 7.72. The molecule has 0 fully saturated rings. The number of carboxylic acid groups (broad SMARTS) is 1. The lowest BCUT2D eigenvalue weighted by atomic mass is 10.4. The van der Waals surface area contributed by atoms with Crippen molar-refractivity contribution in [1.29, 1.82) is 0 Å². The summed E-state index contributed by atoms with van der Waals surface area (Å²) in [6.45, 7) is 0. The van der Waals surface area contributed by atoms with E-state index in [4.69, 9.17) is 10.2 Å². The van der Waals surface area contributed by atoms with Crippen molar-refractivity contribution in [3.05, 3.63) is 16.2 Å². The summed E-state index contributed by atoms with van der Waals surface area (Å²) < 4.78 is 0.352. The number of hydrogen-bond donors (Lipinski definition) is 3. The lowest BCUT2D eigenvalue weighted by molar-refractivity contribution is 0.0690. The molecular weight excluding hydrogens is 202 g/mol. The predicted octanol–water partition coefficient (Wildman–Crippen LogP) is 1.18. The second kappa shape index (κ2) is 2.34. The van der Waals surface area contributed by atoms with Crippen LogP contribution >= 0.6 is 15.9 Å². The predicted molar refractivity (Wildman–Crippen MR) is 37.1 cm³/mol. The molecule has 0 aliphatic carbocycles. The number of rotatable bonds is 1. The van der Waals surface area contributed by atoms with Gasteiger partial charge < -0.3 is 15.2 Å². The number of aromatic carboxylic acids is 1. The molecule has 1 aromatic rings. The molecule has 0 unspecified atom stereocenters. The Morgan fingerprint density at radius 1 is 1.70 bits per heavy atom. The van der Waals surface area contributed by atoms with Gasteiger partial charge in [0.2, 0.25) is 5.88 Å². The van der Waals surface area contributed by atoms with Gasteiger partial charge in [0, 0.05) is 0 Å². The zero-order valence-electron chi connectivity index (χ0n) is 4.76. The number of H-pyrrole nitrogens is 1. The van der Waals surface area contributed by atoms with Gasteiger partial charge in [0.05, 0.1) is 4.47 Å². The van der Waals surface area contributed by atoms with Gasteiger partial charge in [-0.2, -0.15) is 0 Å². The fourth-order valence-electron chi connectivity index (χ4n) is 0.534. The molecular formula is C5H4BrNO3. The fourth-order valence-corrected chi connectivity index (χ4v) is 0.862. The van der Waals surface area contributed by atoms with Gasteiger partial charge in [0.25, 0.3) is 0 Å². The molecule has 1 rings (SSSR count). The van der Waals surface area contributed by atoms with Crippen molar-refractivity contribution in [2.24, 2.45) is 0 Å². The quantitative estimate of drug-likeness (QED) is 0.645. The van der Waals surface area contributed by atoms with Gasteiger partial charge in [-0.25, -0.2) is 4.79 Å². The molecule has 0 spiro atoms. The number of carbonyl (C=O) groups is 1. The molecule has 4 nitrogen and oxygen atoms in total. The van der Waals surface area contributed by atoms with Crippen LogP contribution in [0.3, 0.4) is 0 Å². The minimum absolute atomic E-state index is 0.0376. The molecule has 5 heteroatoms. The smallest absolute Gasteiger partial charge is 0.352 e. The van der Waals surface area contributed by atoms with Crippen molar-refractivity contribution in [3.8, 4) is 5.88 Å². The summed E-state index contributed by atoms with van der Waals surface area (Å²) in [7, 11) is 0. The number of aromatic amines is 1. The third-order valence-electron chi connectivity index (χ3n) is 0.981. The highest BCUT2D eigenvalue weighted by Gasteiger charge is 2.08. The van der Waals surface area contributed by atoms with Gasteiger partial charge in [-0.05, 0) is 22.0 Å². The van der Waals surface area contributed by atoms with E-state index in [0.29, 0.717) is 4.47 Å². The molecule has 0 saturated heterocycles. The van der Waals surface area contributed by atoms with E-state index in [2.05, 4.69) is 20.9 Å². The average Bonchev–Trinajstić information content (AvgIpc) is 2.13. The van der Waals surface area contributed by atoms with Crippen molar-refractivity contribution in [3.63, 3.8) is 0 Å². The summed E-state index contributed by atoms with van der Waals surface area (Å²) >= 11 is 2.94. The number of carboxylic acids is 1. The lowest BCUT2D eigenvalue weighted by Gasteiger charge is -1.83. The molecule has 0 aliphatic heterocycles. The molecule has 1 aromatic heterocycles. The molecule has 10 heavy (non-hydrogen) atoms. The Hall–Kier alpha value is -0.970. The van der Waals surface area contributed by atoms with Gasteiger partial charge in [-0.15, -0.1) is 0 Å². The third-order valence-corrected chi connectivity index (χ3v) is 1.59. The highest BCUT2D eigenvalue weighted by Crippen LogP contribution is 2.23. The van der Waals surface area contributed by atoms with Gasteiger partial charge in [0.15, 0.2) is 0 Å². The first-order valence-corrected chi connectivity index (χ1v) is 3.21. The summed E-state index contributed by atoms with van der Waals surface area (Å²) in [5.74, 6) is -1.27. The van der Waals surface area contributed by atoms with Gasteiger partial charge >= 0.3 is 5.97 Å². The molecule has 0 amide bonds.